The van der Waals surface area contributed by atoms with Crippen LogP contribution in [0.5, 0.6) is 0 Å². The van der Waals surface area contributed by atoms with E-state index in [9.17, 15) is 4.79 Å². The van der Waals surface area contributed by atoms with Gasteiger partial charge in [0, 0.05) is 19.6 Å². The number of hydrogen-bond acceptors (Lipinski definition) is 2. The summed E-state index contributed by atoms with van der Waals surface area (Å²) in [4.78, 5) is 13.3. The Kier molecular flexibility index (Phi) is 3.71. The third-order valence-electron chi connectivity index (χ3n) is 3.69. The first-order valence-electron chi connectivity index (χ1n) is 6.48. The largest absolute Gasteiger partial charge is 0.481 e. The van der Waals surface area contributed by atoms with E-state index in [0.717, 1.165) is 13.1 Å². The summed E-state index contributed by atoms with van der Waals surface area (Å²) in [5.74, 6) is -0.630. The Labute approximate surface area is 108 Å². The molecule has 0 aromatic heterocycles. The summed E-state index contributed by atoms with van der Waals surface area (Å²) in [5, 5.41) is 9.13. The highest BCUT2D eigenvalue weighted by molar-refractivity contribution is 5.71. The molecule has 2 rings (SSSR count). The van der Waals surface area contributed by atoms with Crippen molar-refractivity contribution < 1.29 is 9.90 Å². The maximum atomic E-state index is 11.1. The number of carboxylic acid groups (broad SMARTS) is 1. The van der Waals surface area contributed by atoms with E-state index in [0.29, 0.717) is 6.54 Å². The highest BCUT2D eigenvalue weighted by Gasteiger charge is 2.34. The van der Waals surface area contributed by atoms with Gasteiger partial charge in [-0.25, -0.2) is 0 Å². The zero-order chi connectivity index (χ0) is 13.3. The molecule has 98 valence electrons. The highest BCUT2D eigenvalue weighted by Crippen LogP contribution is 2.25. The van der Waals surface area contributed by atoms with Crippen molar-refractivity contribution in [1.82, 2.24) is 4.90 Å². The van der Waals surface area contributed by atoms with Crippen molar-refractivity contribution >= 4 is 5.97 Å². The van der Waals surface area contributed by atoms with Crippen LogP contribution in [0.1, 0.15) is 23.6 Å². The number of carboxylic acids is 1. The van der Waals surface area contributed by atoms with Crippen LogP contribution < -0.4 is 0 Å². The van der Waals surface area contributed by atoms with E-state index >= 15 is 0 Å². The van der Waals surface area contributed by atoms with Gasteiger partial charge in [0.05, 0.1) is 5.92 Å². The average molecular weight is 247 g/mol. The van der Waals surface area contributed by atoms with Crippen molar-refractivity contribution in [3.05, 3.63) is 34.9 Å². The minimum atomic E-state index is -0.662. The van der Waals surface area contributed by atoms with Crippen LogP contribution in [0, 0.1) is 25.7 Å². The SMILES string of the molecule is Cc1cc(C)cc(CN2C[C@@H](C)[C@H](C(=O)O)C2)c1. The Morgan fingerprint density at radius 1 is 1.28 bits per heavy atom. The predicted octanol–water partition coefficient (Wildman–Crippen LogP) is 2.46. The first-order chi connectivity index (χ1) is 8.45. The number of carbonyl (C=O) groups is 1. The van der Waals surface area contributed by atoms with E-state index in [4.69, 9.17) is 5.11 Å². The van der Waals surface area contributed by atoms with E-state index in [2.05, 4.69) is 36.9 Å². The van der Waals surface area contributed by atoms with E-state index < -0.39 is 5.97 Å². The van der Waals surface area contributed by atoms with Gasteiger partial charge in [0.2, 0.25) is 0 Å². The van der Waals surface area contributed by atoms with E-state index in [1.807, 2.05) is 6.92 Å². The molecule has 1 fully saturated rings. The lowest BCUT2D eigenvalue weighted by molar-refractivity contribution is -0.142. The second-order valence-electron chi connectivity index (χ2n) is 5.61. The normalized spacial score (nSPS) is 24.4. The van der Waals surface area contributed by atoms with E-state index in [-0.39, 0.29) is 11.8 Å². The van der Waals surface area contributed by atoms with Crippen molar-refractivity contribution in [2.24, 2.45) is 11.8 Å². The fraction of sp³-hybridized carbons (Fsp3) is 0.533. The molecule has 0 aliphatic carbocycles. The third-order valence-corrected chi connectivity index (χ3v) is 3.69. The number of likely N-dealkylation sites (tertiary alicyclic amines) is 1. The lowest BCUT2D eigenvalue weighted by atomic mass is 9.99. The summed E-state index contributed by atoms with van der Waals surface area (Å²) < 4.78 is 0. The fourth-order valence-electron chi connectivity index (χ4n) is 2.94. The molecule has 1 aromatic rings. The summed E-state index contributed by atoms with van der Waals surface area (Å²) in [6, 6.07) is 6.54. The molecule has 3 nitrogen and oxygen atoms in total. The molecule has 0 unspecified atom stereocenters. The van der Waals surface area contributed by atoms with E-state index in [1.165, 1.54) is 16.7 Å². The Balaban J connectivity index is 2.05. The summed E-state index contributed by atoms with van der Waals surface area (Å²) in [6.07, 6.45) is 0. The zero-order valence-corrected chi connectivity index (χ0v) is 11.3. The molecule has 1 saturated heterocycles. The van der Waals surface area contributed by atoms with Crippen molar-refractivity contribution in [2.75, 3.05) is 13.1 Å². The molecule has 0 bridgehead atoms. The molecule has 0 radical (unpaired) electrons. The minimum Gasteiger partial charge on any atom is -0.481 e. The molecule has 18 heavy (non-hydrogen) atoms. The first-order valence-corrected chi connectivity index (χ1v) is 6.48. The minimum absolute atomic E-state index is 0.212. The Bertz CT molecular complexity index is 436. The van der Waals surface area contributed by atoms with Crippen LogP contribution in [0.4, 0.5) is 0 Å². The second-order valence-corrected chi connectivity index (χ2v) is 5.61. The summed E-state index contributed by atoms with van der Waals surface area (Å²) >= 11 is 0. The van der Waals surface area contributed by atoms with Gasteiger partial charge >= 0.3 is 5.97 Å². The van der Waals surface area contributed by atoms with Crippen LogP contribution >= 0.6 is 0 Å². The zero-order valence-electron chi connectivity index (χ0n) is 11.3. The van der Waals surface area contributed by atoms with Crippen molar-refractivity contribution in [1.29, 1.82) is 0 Å². The lowest BCUT2D eigenvalue weighted by Gasteiger charge is -2.16. The number of rotatable bonds is 3. The van der Waals surface area contributed by atoms with Crippen molar-refractivity contribution in [3.63, 3.8) is 0 Å². The van der Waals surface area contributed by atoms with Gasteiger partial charge in [-0.05, 0) is 25.3 Å². The molecular weight excluding hydrogens is 226 g/mol. The monoisotopic (exact) mass is 247 g/mol. The Hall–Kier alpha value is -1.35. The highest BCUT2D eigenvalue weighted by atomic mass is 16.4. The maximum Gasteiger partial charge on any atom is 0.308 e. The quantitative estimate of drug-likeness (QED) is 0.892. The van der Waals surface area contributed by atoms with Crippen molar-refractivity contribution in [3.8, 4) is 0 Å². The first kappa shape index (κ1) is 13.1. The van der Waals surface area contributed by atoms with Crippen LogP contribution in [0.2, 0.25) is 0 Å². The lowest BCUT2D eigenvalue weighted by Crippen LogP contribution is -2.23. The van der Waals surface area contributed by atoms with E-state index in [1.54, 1.807) is 0 Å². The molecule has 1 heterocycles. The van der Waals surface area contributed by atoms with Gasteiger partial charge in [0.15, 0.2) is 0 Å². The molecule has 1 N–H and O–H groups in total. The number of nitrogens with zero attached hydrogens (tertiary/aromatic N) is 1. The van der Waals surface area contributed by atoms with Crippen LogP contribution in [-0.4, -0.2) is 29.1 Å². The topological polar surface area (TPSA) is 40.5 Å². The number of hydrogen-bond donors (Lipinski definition) is 1. The fourth-order valence-corrected chi connectivity index (χ4v) is 2.94. The third kappa shape index (κ3) is 2.91. The summed E-state index contributed by atoms with van der Waals surface area (Å²) in [5.41, 5.74) is 3.82. The van der Waals surface area contributed by atoms with Crippen LogP contribution in [0.3, 0.4) is 0 Å². The maximum absolute atomic E-state index is 11.1. The Morgan fingerprint density at radius 3 is 2.39 bits per heavy atom. The molecule has 1 aromatic carbocycles. The average Bonchev–Trinajstić information content (AvgIpc) is 2.57. The van der Waals surface area contributed by atoms with Gasteiger partial charge in [-0.2, -0.15) is 0 Å². The molecule has 0 spiro atoms. The summed E-state index contributed by atoms with van der Waals surface area (Å²) in [6.45, 7) is 8.64. The molecule has 0 amide bonds. The molecule has 0 saturated carbocycles. The second kappa shape index (κ2) is 5.11. The molecule has 1 aliphatic rings. The van der Waals surface area contributed by atoms with Gasteiger partial charge < -0.3 is 5.11 Å². The predicted molar refractivity (Wildman–Crippen MR) is 71.5 cm³/mol. The molecule has 1 aliphatic heterocycles. The van der Waals surface area contributed by atoms with Gasteiger partial charge in [-0.3, -0.25) is 9.69 Å². The number of benzene rings is 1. The Morgan fingerprint density at radius 2 is 1.89 bits per heavy atom. The molecule has 3 heteroatoms. The van der Waals surface area contributed by atoms with Crippen LogP contribution in [0.25, 0.3) is 0 Å². The van der Waals surface area contributed by atoms with Crippen LogP contribution in [-0.2, 0) is 11.3 Å². The number of aliphatic carboxylic acids is 1. The standard InChI is InChI=1S/C15H21NO2/c1-10-4-11(2)6-13(5-10)8-16-7-12(3)14(9-16)15(17)18/h4-6,12,14H,7-9H2,1-3H3,(H,17,18)/t12-,14-/m1/s1. The van der Waals surface area contributed by atoms with Gasteiger partial charge in [-0.15, -0.1) is 0 Å². The van der Waals surface area contributed by atoms with Gasteiger partial charge in [0.25, 0.3) is 0 Å². The summed E-state index contributed by atoms with van der Waals surface area (Å²) in [7, 11) is 0. The van der Waals surface area contributed by atoms with Gasteiger partial charge in [-0.1, -0.05) is 36.2 Å². The smallest absolute Gasteiger partial charge is 0.308 e. The van der Waals surface area contributed by atoms with Crippen molar-refractivity contribution in [2.45, 2.75) is 27.3 Å². The molecule has 2 atom stereocenters. The van der Waals surface area contributed by atoms with Crippen LogP contribution in [0.15, 0.2) is 18.2 Å². The van der Waals surface area contributed by atoms with Gasteiger partial charge in [0.1, 0.15) is 0 Å². The molecular formula is C15H21NO2. The number of aryl methyl sites for hydroxylation is 2.